The van der Waals surface area contributed by atoms with E-state index in [2.05, 4.69) is 14.5 Å². The van der Waals surface area contributed by atoms with E-state index < -0.39 is 36.3 Å². The highest BCUT2D eigenvalue weighted by atomic mass is 19.4. The summed E-state index contributed by atoms with van der Waals surface area (Å²) in [5, 5.41) is 17.5. The van der Waals surface area contributed by atoms with Crippen LogP contribution in [-0.2, 0) is 14.5 Å². The molecule has 4 saturated carbocycles. The second-order valence-corrected chi connectivity index (χ2v) is 8.02. The highest BCUT2D eigenvalue weighted by Gasteiger charge is 2.69. The minimum Gasteiger partial charge on any atom is -0.309 e. The Morgan fingerprint density at radius 3 is 1.57 bits per heavy atom. The molecule has 6 nitrogen and oxygen atoms in total. The maximum Gasteiger partial charge on any atom is 0.431 e. The predicted molar refractivity (Wildman–Crippen MR) is 76.1 cm³/mol. The molecule has 4 rings (SSSR count). The monoisotopic (exact) mass is 427 g/mol. The van der Waals surface area contributed by atoms with Crippen molar-refractivity contribution in [3.8, 4) is 0 Å². The zero-order valence-electron chi connectivity index (χ0n) is 14.4. The Morgan fingerprint density at radius 1 is 0.786 bits per heavy atom. The van der Waals surface area contributed by atoms with Gasteiger partial charge in [0.1, 0.15) is 0 Å². The van der Waals surface area contributed by atoms with Crippen LogP contribution in [0, 0.1) is 17.8 Å². The van der Waals surface area contributed by atoms with Crippen LogP contribution < -0.4 is 5.32 Å². The molecule has 164 valence electrons. The fourth-order valence-corrected chi connectivity index (χ4v) is 5.17. The molecule has 2 atom stereocenters. The first-order valence-electron chi connectivity index (χ1n) is 8.71. The molecule has 4 fully saturated rings. The summed E-state index contributed by atoms with van der Waals surface area (Å²) in [4.78, 5) is 6.08. The SMILES string of the molecule is OOC(NC(OO)C(F)(F)C(F)(F)OC12CC3CC(CC(C3)C1)C2)C(F)(F)F. The Balaban J connectivity index is 1.76. The van der Waals surface area contributed by atoms with Crippen LogP contribution in [0.1, 0.15) is 38.5 Å². The van der Waals surface area contributed by atoms with E-state index in [-0.39, 0.29) is 37.0 Å². The lowest BCUT2D eigenvalue weighted by Gasteiger charge is -2.57. The summed E-state index contributed by atoms with van der Waals surface area (Å²) in [5.74, 6) is -5.18. The Kier molecular flexibility index (Phi) is 5.65. The number of ether oxygens (including phenoxy) is 1. The first-order chi connectivity index (χ1) is 12.8. The molecule has 3 N–H and O–H groups in total. The van der Waals surface area contributed by atoms with Gasteiger partial charge in [-0.2, -0.15) is 30.7 Å². The van der Waals surface area contributed by atoms with Crippen molar-refractivity contribution in [3.63, 3.8) is 0 Å². The summed E-state index contributed by atoms with van der Waals surface area (Å²) in [7, 11) is 0. The third kappa shape index (κ3) is 3.97. The summed E-state index contributed by atoms with van der Waals surface area (Å²) in [5.41, 5.74) is -1.50. The first kappa shape index (κ1) is 22.0. The van der Waals surface area contributed by atoms with Crippen LogP contribution in [0.4, 0.5) is 30.7 Å². The number of alkyl halides is 7. The van der Waals surface area contributed by atoms with Crippen molar-refractivity contribution in [2.45, 2.75) is 74.8 Å². The van der Waals surface area contributed by atoms with Crippen LogP contribution in [0.2, 0.25) is 0 Å². The van der Waals surface area contributed by atoms with E-state index >= 15 is 0 Å². The largest absolute Gasteiger partial charge is 0.431 e. The molecule has 0 aromatic rings. The van der Waals surface area contributed by atoms with Crippen LogP contribution in [0.25, 0.3) is 0 Å². The van der Waals surface area contributed by atoms with Crippen molar-refractivity contribution in [2.75, 3.05) is 0 Å². The molecule has 0 spiro atoms. The molecular formula is C15H20F7NO5. The Labute approximate surface area is 154 Å². The maximum atomic E-state index is 14.4. The normalized spacial score (nSPS) is 35.2. The smallest absolute Gasteiger partial charge is 0.309 e. The average molecular weight is 427 g/mol. The van der Waals surface area contributed by atoms with Gasteiger partial charge in [-0.25, -0.2) is 25.6 Å². The number of nitrogens with one attached hydrogen (secondary N) is 1. The number of hydrogen-bond acceptors (Lipinski definition) is 6. The van der Waals surface area contributed by atoms with Crippen LogP contribution in [0.15, 0.2) is 0 Å². The van der Waals surface area contributed by atoms with E-state index in [9.17, 15) is 30.7 Å². The molecule has 0 saturated heterocycles. The standard InChI is InChI=1S/C15H20F7NO5/c16-13(17,10(26-24)23-11(27-25)14(18,19)20)15(21,22)28-12-4-7-1-8(5-12)3-9(2-7)6-12/h7-11,23-25H,1-6H2. The quantitative estimate of drug-likeness (QED) is 0.235. The minimum absolute atomic E-state index is 0.0797. The molecule has 0 aromatic heterocycles. The summed E-state index contributed by atoms with van der Waals surface area (Å²) < 4.78 is 99.6. The number of rotatable bonds is 8. The number of halogens is 7. The van der Waals surface area contributed by atoms with E-state index in [4.69, 9.17) is 10.5 Å². The molecule has 0 heterocycles. The lowest BCUT2D eigenvalue weighted by atomic mass is 9.54. The zero-order chi connectivity index (χ0) is 21.0. The van der Waals surface area contributed by atoms with Gasteiger partial charge in [0.15, 0.2) is 0 Å². The van der Waals surface area contributed by atoms with Gasteiger partial charge in [0.2, 0.25) is 12.5 Å². The molecule has 0 aromatic carbocycles. The van der Waals surface area contributed by atoms with E-state index in [1.165, 1.54) is 0 Å². The molecule has 2 unspecified atom stereocenters. The molecule has 13 heteroatoms. The van der Waals surface area contributed by atoms with E-state index in [0.29, 0.717) is 0 Å². The summed E-state index contributed by atoms with van der Waals surface area (Å²) in [6.07, 6.45) is -14.9. The third-order valence-electron chi connectivity index (χ3n) is 5.85. The van der Waals surface area contributed by atoms with Gasteiger partial charge in [0.25, 0.3) is 0 Å². The van der Waals surface area contributed by atoms with Crippen LogP contribution in [-0.4, -0.2) is 46.8 Å². The first-order valence-corrected chi connectivity index (χ1v) is 8.71. The Hall–Kier alpha value is -0.730. The second kappa shape index (κ2) is 7.20. The van der Waals surface area contributed by atoms with E-state index in [1.807, 2.05) is 0 Å². The van der Waals surface area contributed by atoms with Gasteiger partial charge in [0.05, 0.1) is 5.60 Å². The molecular weight excluding hydrogens is 407 g/mol. The van der Waals surface area contributed by atoms with Crippen molar-refractivity contribution < 1.29 is 55.8 Å². The molecule has 0 radical (unpaired) electrons. The lowest BCUT2D eigenvalue weighted by molar-refractivity contribution is -0.450. The van der Waals surface area contributed by atoms with Crippen molar-refractivity contribution >= 4 is 0 Å². The van der Waals surface area contributed by atoms with Crippen LogP contribution in [0.5, 0.6) is 0 Å². The second-order valence-electron chi connectivity index (χ2n) is 8.02. The highest BCUT2D eigenvalue weighted by Crippen LogP contribution is 2.59. The molecule has 0 aliphatic heterocycles. The summed E-state index contributed by atoms with van der Waals surface area (Å²) in [6, 6.07) is 0. The van der Waals surface area contributed by atoms with Gasteiger partial charge in [0, 0.05) is 0 Å². The number of hydrogen-bond donors (Lipinski definition) is 3. The maximum absolute atomic E-state index is 14.4. The fraction of sp³-hybridized carbons (Fsp3) is 1.00. The Bertz CT molecular complexity index is 538. The molecule has 4 bridgehead atoms. The van der Waals surface area contributed by atoms with Crippen LogP contribution >= 0.6 is 0 Å². The third-order valence-corrected chi connectivity index (χ3v) is 5.85. The predicted octanol–water partition coefficient (Wildman–Crippen LogP) is 3.98. The highest BCUT2D eigenvalue weighted by molar-refractivity contribution is 5.04. The van der Waals surface area contributed by atoms with Gasteiger partial charge in [-0.05, 0) is 56.3 Å². The van der Waals surface area contributed by atoms with Crippen LogP contribution in [0.3, 0.4) is 0 Å². The molecule has 28 heavy (non-hydrogen) atoms. The van der Waals surface area contributed by atoms with Crippen molar-refractivity contribution in [1.82, 2.24) is 5.32 Å². The topological polar surface area (TPSA) is 80.2 Å². The summed E-state index contributed by atoms with van der Waals surface area (Å²) in [6.45, 7) is 0. The van der Waals surface area contributed by atoms with E-state index in [1.54, 1.807) is 0 Å². The zero-order valence-corrected chi connectivity index (χ0v) is 14.4. The van der Waals surface area contributed by atoms with Gasteiger partial charge >= 0.3 is 18.2 Å². The fourth-order valence-electron chi connectivity index (χ4n) is 5.17. The van der Waals surface area contributed by atoms with Crippen molar-refractivity contribution in [3.05, 3.63) is 0 Å². The van der Waals surface area contributed by atoms with Gasteiger partial charge in [-0.15, -0.1) is 0 Å². The Morgan fingerprint density at radius 2 is 1.21 bits per heavy atom. The van der Waals surface area contributed by atoms with E-state index in [0.717, 1.165) is 24.6 Å². The lowest BCUT2D eigenvalue weighted by Crippen LogP contribution is -2.65. The summed E-state index contributed by atoms with van der Waals surface area (Å²) >= 11 is 0. The molecule has 0 amide bonds. The van der Waals surface area contributed by atoms with Gasteiger partial charge in [-0.3, -0.25) is 0 Å². The van der Waals surface area contributed by atoms with Gasteiger partial charge in [-0.1, -0.05) is 0 Å². The van der Waals surface area contributed by atoms with Crippen molar-refractivity contribution in [2.24, 2.45) is 17.8 Å². The van der Waals surface area contributed by atoms with Gasteiger partial charge < -0.3 is 4.74 Å². The molecule has 4 aliphatic rings. The minimum atomic E-state index is -5.46. The molecule has 4 aliphatic carbocycles. The van der Waals surface area contributed by atoms with Crippen molar-refractivity contribution in [1.29, 1.82) is 0 Å². The average Bonchev–Trinajstić information content (AvgIpc) is 2.51.